The quantitative estimate of drug-likeness (QED) is 0.0268. The molecule has 2 N–H and O–H groups in total. The maximum absolute atomic E-state index is 12.6. The molecule has 0 unspecified atom stereocenters. The second kappa shape index (κ2) is 46.1. The maximum Gasteiger partial charge on any atom is 0.320 e. The molecule has 0 spiro atoms. The number of esters is 1. The molecule has 9 heteroatoms. The molecule has 9 nitrogen and oxygen atoms in total. The highest BCUT2D eigenvalue weighted by atomic mass is 16.5. The van der Waals surface area contributed by atoms with E-state index in [0.717, 1.165) is 32.1 Å². The van der Waals surface area contributed by atoms with Gasteiger partial charge in [0.1, 0.15) is 0 Å². The highest BCUT2D eigenvalue weighted by molar-refractivity contribution is 5.74. The van der Waals surface area contributed by atoms with Gasteiger partial charge in [0.25, 0.3) is 0 Å². The number of carboxylic acids is 1. The van der Waals surface area contributed by atoms with Gasteiger partial charge in [0.2, 0.25) is 0 Å². The summed E-state index contributed by atoms with van der Waals surface area (Å²) in [6, 6.07) is 0. The third-order valence-corrected chi connectivity index (χ3v) is 11.3. The van der Waals surface area contributed by atoms with E-state index in [1.54, 1.807) is 4.90 Å². The van der Waals surface area contributed by atoms with Crippen molar-refractivity contribution in [3.63, 3.8) is 0 Å². The second-order valence-corrected chi connectivity index (χ2v) is 17.0. The Morgan fingerprint density at radius 1 is 0.431 bits per heavy atom. The van der Waals surface area contributed by atoms with E-state index < -0.39 is 11.9 Å². The number of ether oxygens (including phenoxy) is 2. The molecule has 58 heavy (non-hydrogen) atoms. The summed E-state index contributed by atoms with van der Waals surface area (Å²) in [5.41, 5.74) is 0. The lowest BCUT2D eigenvalue weighted by molar-refractivity contribution is -0.146. The van der Waals surface area contributed by atoms with E-state index in [-0.39, 0.29) is 25.5 Å². The molecule has 0 aromatic rings. The Kier molecular flexibility index (Phi) is 44.6. The molecular formula is C49H94N2O7. The van der Waals surface area contributed by atoms with Gasteiger partial charge in [0.05, 0.1) is 32.8 Å². The number of aliphatic hydroxyl groups is 1. The Labute approximate surface area is 357 Å². The van der Waals surface area contributed by atoms with Crippen LogP contribution in [0.1, 0.15) is 232 Å². The first kappa shape index (κ1) is 56.1. The van der Waals surface area contributed by atoms with Crippen molar-refractivity contribution in [1.29, 1.82) is 0 Å². The zero-order valence-corrected chi connectivity index (χ0v) is 38.2. The smallest absolute Gasteiger partial charge is 0.320 e. The van der Waals surface area contributed by atoms with Gasteiger partial charge in [-0.05, 0) is 32.2 Å². The number of hydrogen-bond donors (Lipinski definition) is 2. The highest BCUT2D eigenvalue weighted by Crippen LogP contribution is 2.16. The van der Waals surface area contributed by atoms with Crippen molar-refractivity contribution in [3.05, 3.63) is 5.76 Å². The van der Waals surface area contributed by atoms with Crippen molar-refractivity contribution >= 4 is 17.9 Å². The summed E-state index contributed by atoms with van der Waals surface area (Å²) in [6.07, 6.45) is 42.7. The molecule has 0 bridgehead atoms. The minimum absolute atomic E-state index is 0.0345. The molecule has 0 aliphatic heterocycles. The lowest BCUT2D eigenvalue weighted by Crippen LogP contribution is -2.38. The van der Waals surface area contributed by atoms with Crippen LogP contribution in [0.25, 0.3) is 0 Å². The average molecular weight is 823 g/mol. The van der Waals surface area contributed by atoms with Gasteiger partial charge < -0.3 is 19.7 Å². The van der Waals surface area contributed by atoms with Crippen molar-refractivity contribution < 1.29 is 34.1 Å². The largest absolute Gasteiger partial charge is 0.485 e. The van der Waals surface area contributed by atoms with Crippen molar-refractivity contribution in [2.75, 3.05) is 59.1 Å². The number of carbonyl (C=O) groups excluding carboxylic acids is 2. The third-order valence-electron chi connectivity index (χ3n) is 11.3. The topological polar surface area (TPSA) is 117 Å². The van der Waals surface area contributed by atoms with Crippen molar-refractivity contribution in [3.8, 4) is 0 Å². The first-order valence-corrected chi connectivity index (χ1v) is 24.8. The summed E-state index contributed by atoms with van der Waals surface area (Å²) < 4.78 is 11.2. The van der Waals surface area contributed by atoms with E-state index in [9.17, 15) is 24.6 Å². The Hall–Kier alpha value is -1.93. The van der Waals surface area contributed by atoms with Crippen LogP contribution in [-0.2, 0) is 23.9 Å². The van der Waals surface area contributed by atoms with Crippen molar-refractivity contribution in [1.82, 2.24) is 9.80 Å². The van der Waals surface area contributed by atoms with Crippen LogP contribution >= 0.6 is 0 Å². The van der Waals surface area contributed by atoms with Gasteiger partial charge >= 0.3 is 11.9 Å². The van der Waals surface area contributed by atoms with Gasteiger partial charge in [-0.15, -0.1) is 0 Å². The maximum atomic E-state index is 12.6. The minimum atomic E-state index is -0.990. The number of nitrogens with zero attached hydrogens (tertiary/aromatic N) is 2. The van der Waals surface area contributed by atoms with E-state index in [1.807, 2.05) is 10.8 Å². The predicted molar refractivity (Wildman–Crippen MR) is 242 cm³/mol. The summed E-state index contributed by atoms with van der Waals surface area (Å²) in [5, 5.41) is 18.9. The number of hydrogen-bond acceptors (Lipinski definition) is 8. The number of carbonyl (C=O) groups is 2. The molecule has 0 radical (unpaired) electrons. The molecule has 342 valence electrons. The summed E-state index contributed by atoms with van der Waals surface area (Å²) >= 11 is 0. The van der Waals surface area contributed by atoms with Gasteiger partial charge in [0, 0.05) is 19.7 Å². The molecule has 0 amide bonds. The lowest BCUT2D eigenvalue weighted by atomic mass is 10.0. The summed E-state index contributed by atoms with van der Waals surface area (Å²) in [4.78, 5) is 39.4. The highest BCUT2D eigenvalue weighted by Gasteiger charge is 2.17. The molecule has 0 aliphatic rings. The van der Waals surface area contributed by atoms with Crippen LogP contribution in [-0.4, -0.2) is 97.0 Å². The van der Waals surface area contributed by atoms with Crippen LogP contribution in [0.4, 0.5) is 0 Å². The number of aliphatic carboxylic acids is 1. The SMILES string of the molecule is CCCCCCCCCCCCCCCCCCCCCCCOC(=O)CN(CCCN(CCCO)CC(=C=O)OCCCCCCCCCCCCC)CC(=O)O. The van der Waals surface area contributed by atoms with Gasteiger partial charge in [-0.3, -0.25) is 19.4 Å². The number of rotatable bonds is 48. The zero-order valence-electron chi connectivity index (χ0n) is 38.2. The predicted octanol–water partition coefficient (Wildman–Crippen LogP) is 12.2. The van der Waals surface area contributed by atoms with Crippen LogP contribution in [0.15, 0.2) is 5.76 Å². The molecule has 0 rings (SSSR count). The second-order valence-electron chi connectivity index (χ2n) is 17.0. The van der Waals surface area contributed by atoms with Crippen LogP contribution in [0.2, 0.25) is 0 Å². The van der Waals surface area contributed by atoms with E-state index in [2.05, 4.69) is 13.8 Å². The molecule has 0 atom stereocenters. The first-order chi connectivity index (χ1) is 28.5. The van der Waals surface area contributed by atoms with E-state index in [1.165, 1.54) is 173 Å². The Balaban J connectivity index is 4.04. The van der Waals surface area contributed by atoms with Crippen LogP contribution in [0.3, 0.4) is 0 Å². The summed E-state index contributed by atoms with van der Waals surface area (Å²) in [6.45, 7) is 6.95. The van der Waals surface area contributed by atoms with Gasteiger partial charge in [-0.2, -0.15) is 0 Å². The summed E-state index contributed by atoms with van der Waals surface area (Å²) in [5.74, 6) is 0.829. The summed E-state index contributed by atoms with van der Waals surface area (Å²) in [7, 11) is 0. The van der Waals surface area contributed by atoms with Crippen LogP contribution < -0.4 is 0 Å². The van der Waals surface area contributed by atoms with Gasteiger partial charge in [0.15, 0.2) is 11.7 Å². The van der Waals surface area contributed by atoms with E-state index in [0.29, 0.717) is 52.2 Å². The number of unbranched alkanes of at least 4 members (excludes halogenated alkanes) is 30. The molecular weight excluding hydrogens is 729 g/mol. The molecule has 0 aromatic carbocycles. The van der Waals surface area contributed by atoms with E-state index in [4.69, 9.17) is 9.47 Å². The first-order valence-electron chi connectivity index (χ1n) is 24.8. The van der Waals surface area contributed by atoms with Crippen LogP contribution in [0.5, 0.6) is 0 Å². The van der Waals surface area contributed by atoms with Crippen molar-refractivity contribution in [2.45, 2.75) is 232 Å². The molecule has 0 aromatic heterocycles. The van der Waals surface area contributed by atoms with Gasteiger partial charge in [-0.1, -0.05) is 206 Å². The van der Waals surface area contributed by atoms with Crippen molar-refractivity contribution in [2.24, 2.45) is 0 Å². The molecule has 0 heterocycles. The Morgan fingerprint density at radius 3 is 1.14 bits per heavy atom. The Bertz CT molecular complexity index is 942. The normalized spacial score (nSPS) is 11.4. The number of carboxylic acid groups (broad SMARTS) is 1. The standard InChI is InChI=1S/C49H94N2O7/c1-3-5-7-9-11-13-15-16-17-18-19-20-21-22-23-24-26-28-30-32-34-42-58-49(56)45-51(44-48(54)55)38-35-37-50(39-36-40-52)43-47(46-53)57-41-33-31-29-27-25-14-12-10-8-6-4-2/h52H,3-45H2,1-2H3,(H,54,55). The average Bonchev–Trinajstić information content (AvgIpc) is 3.21. The molecule has 0 aliphatic carbocycles. The Morgan fingerprint density at radius 2 is 0.776 bits per heavy atom. The zero-order chi connectivity index (χ0) is 42.4. The van der Waals surface area contributed by atoms with E-state index >= 15 is 0 Å². The third kappa shape index (κ3) is 42.2. The fourth-order valence-corrected chi connectivity index (χ4v) is 7.71. The lowest BCUT2D eigenvalue weighted by Gasteiger charge is -2.24. The molecule has 0 fully saturated rings. The monoisotopic (exact) mass is 823 g/mol. The fraction of sp³-hybridized carbons (Fsp3) is 0.918. The molecule has 0 saturated heterocycles. The fourth-order valence-electron chi connectivity index (χ4n) is 7.71. The van der Waals surface area contributed by atoms with Gasteiger partial charge in [-0.25, -0.2) is 4.79 Å². The molecule has 0 saturated carbocycles. The van der Waals surface area contributed by atoms with Crippen LogP contribution in [0, 0.1) is 0 Å². The number of aliphatic hydroxyl groups excluding tert-OH is 1. The minimum Gasteiger partial charge on any atom is -0.485 e.